The zero-order chi connectivity index (χ0) is 25.5. The van der Waals surface area contributed by atoms with Crippen molar-refractivity contribution in [2.75, 3.05) is 46.4 Å². The van der Waals surface area contributed by atoms with Crippen LogP contribution in [0.2, 0.25) is 0 Å². The second kappa shape index (κ2) is 12.0. The van der Waals surface area contributed by atoms with E-state index in [0.29, 0.717) is 50.3 Å². The minimum Gasteiger partial charge on any atom is -0.497 e. The molecule has 2 saturated heterocycles. The van der Waals surface area contributed by atoms with E-state index in [1.807, 2.05) is 40.1 Å². The quantitative estimate of drug-likeness (QED) is 0.641. The van der Waals surface area contributed by atoms with E-state index in [0.717, 1.165) is 25.1 Å². The molecule has 0 spiro atoms. The fourth-order valence-electron chi connectivity index (χ4n) is 5.14. The second-order valence-electron chi connectivity index (χ2n) is 9.47. The van der Waals surface area contributed by atoms with E-state index in [2.05, 4.69) is 5.32 Å². The summed E-state index contributed by atoms with van der Waals surface area (Å²) in [5, 5.41) is 3.32. The van der Waals surface area contributed by atoms with Crippen molar-refractivity contribution in [3.05, 3.63) is 65.7 Å². The molecule has 0 aromatic heterocycles. The van der Waals surface area contributed by atoms with Crippen LogP contribution in [-0.4, -0.2) is 90.9 Å². The van der Waals surface area contributed by atoms with Crippen molar-refractivity contribution in [3.63, 3.8) is 0 Å². The number of carbonyl (C=O) groups is 3. The topological polar surface area (TPSA) is 82.2 Å². The Morgan fingerprint density at radius 2 is 1.78 bits per heavy atom. The Bertz CT molecular complexity index is 1040. The lowest BCUT2D eigenvalue weighted by Gasteiger charge is -2.29. The van der Waals surface area contributed by atoms with Crippen LogP contribution >= 0.6 is 0 Å². The smallest absolute Gasteiger partial charge is 0.254 e. The van der Waals surface area contributed by atoms with Gasteiger partial charge in [0.15, 0.2) is 0 Å². The van der Waals surface area contributed by atoms with E-state index in [4.69, 9.17) is 4.74 Å². The van der Waals surface area contributed by atoms with Crippen LogP contribution < -0.4 is 10.1 Å². The average Bonchev–Trinajstić information content (AvgIpc) is 3.17. The molecule has 2 aromatic carbocycles. The van der Waals surface area contributed by atoms with Crippen LogP contribution in [0.15, 0.2) is 54.6 Å². The molecule has 0 bridgehead atoms. The molecular weight excluding hydrogens is 456 g/mol. The largest absolute Gasteiger partial charge is 0.497 e. The highest BCUT2D eigenvalue weighted by Gasteiger charge is 2.43. The van der Waals surface area contributed by atoms with E-state index in [-0.39, 0.29) is 23.8 Å². The normalized spacial score (nSPS) is 20.1. The maximum absolute atomic E-state index is 13.7. The van der Waals surface area contributed by atoms with Crippen molar-refractivity contribution in [2.24, 2.45) is 0 Å². The third kappa shape index (κ3) is 6.05. The average molecular weight is 493 g/mol. The SMILES string of the molecule is COc1ccc(C(=O)N(CCc2ccccc2)C2CC(C(=O)N3CCCNCC3)N(C(C)=O)C2)cc1. The zero-order valence-corrected chi connectivity index (χ0v) is 21.2. The number of hydrogen-bond donors (Lipinski definition) is 1. The van der Waals surface area contributed by atoms with E-state index >= 15 is 0 Å². The van der Waals surface area contributed by atoms with Crippen molar-refractivity contribution >= 4 is 17.7 Å². The number of ether oxygens (including phenoxy) is 1. The second-order valence-corrected chi connectivity index (χ2v) is 9.47. The predicted molar refractivity (Wildman–Crippen MR) is 138 cm³/mol. The first-order chi connectivity index (χ1) is 17.5. The molecule has 4 rings (SSSR count). The maximum Gasteiger partial charge on any atom is 0.254 e. The monoisotopic (exact) mass is 492 g/mol. The molecule has 192 valence electrons. The van der Waals surface area contributed by atoms with Gasteiger partial charge in [0.2, 0.25) is 11.8 Å². The number of benzene rings is 2. The maximum atomic E-state index is 13.7. The van der Waals surface area contributed by atoms with E-state index in [1.165, 1.54) is 6.92 Å². The fraction of sp³-hybridized carbons (Fsp3) is 0.464. The van der Waals surface area contributed by atoms with Crippen LogP contribution in [0.25, 0.3) is 0 Å². The van der Waals surface area contributed by atoms with Crippen LogP contribution in [0.4, 0.5) is 0 Å². The van der Waals surface area contributed by atoms with Gasteiger partial charge in [-0.1, -0.05) is 30.3 Å². The third-order valence-electron chi connectivity index (χ3n) is 7.14. The summed E-state index contributed by atoms with van der Waals surface area (Å²) < 4.78 is 5.25. The van der Waals surface area contributed by atoms with Gasteiger partial charge >= 0.3 is 0 Å². The lowest BCUT2D eigenvalue weighted by Crippen LogP contribution is -2.48. The molecular formula is C28H36N4O4. The van der Waals surface area contributed by atoms with Crippen molar-refractivity contribution in [1.82, 2.24) is 20.0 Å². The molecule has 0 saturated carbocycles. The van der Waals surface area contributed by atoms with E-state index in [9.17, 15) is 14.4 Å². The molecule has 2 atom stereocenters. The van der Waals surface area contributed by atoms with Crippen LogP contribution in [0.5, 0.6) is 5.75 Å². The Morgan fingerprint density at radius 1 is 1.03 bits per heavy atom. The first-order valence-electron chi connectivity index (χ1n) is 12.7. The summed E-state index contributed by atoms with van der Waals surface area (Å²) in [6.45, 7) is 5.31. The summed E-state index contributed by atoms with van der Waals surface area (Å²) in [6, 6.07) is 16.3. The minimum atomic E-state index is -0.548. The number of hydrogen-bond acceptors (Lipinski definition) is 5. The number of amides is 3. The predicted octanol–water partition coefficient (Wildman–Crippen LogP) is 2.19. The van der Waals surface area contributed by atoms with Gasteiger partial charge in [0.25, 0.3) is 5.91 Å². The first kappa shape index (κ1) is 25.7. The summed E-state index contributed by atoms with van der Waals surface area (Å²) in [5.41, 5.74) is 1.70. The van der Waals surface area contributed by atoms with Gasteiger partial charge in [0.05, 0.1) is 13.2 Å². The molecule has 1 N–H and O–H groups in total. The highest BCUT2D eigenvalue weighted by Crippen LogP contribution is 2.27. The van der Waals surface area contributed by atoms with Crippen molar-refractivity contribution in [3.8, 4) is 5.75 Å². The standard InChI is InChI=1S/C28H36N4O4/c1-21(33)32-20-24(19-26(32)28(35)30-16-6-14-29-15-18-30)31(17-13-22-7-4-3-5-8-22)27(34)23-9-11-25(36-2)12-10-23/h3-5,7-12,24,26,29H,6,13-20H2,1-2H3. The fourth-order valence-corrected chi connectivity index (χ4v) is 5.14. The molecule has 8 heteroatoms. The highest BCUT2D eigenvalue weighted by atomic mass is 16.5. The number of likely N-dealkylation sites (tertiary alicyclic amines) is 1. The Balaban J connectivity index is 1.57. The van der Waals surface area contributed by atoms with Gasteiger partial charge in [-0.2, -0.15) is 0 Å². The molecule has 8 nitrogen and oxygen atoms in total. The molecule has 2 heterocycles. The number of methoxy groups -OCH3 is 1. The number of nitrogens with zero attached hydrogens (tertiary/aromatic N) is 3. The van der Waals surface area contributed by atoms with Crippen molar-refractivity contribution in [1.29, 1.82) is 0 Å². The summed E-state index contributed by atoms with van der Waals surface area (Å²) in [6.07, 6.45) is 2.02. The van der Waals surface area contributed by atoms with Crippen molar-refractivity contribution in [2.45, 2.75) is 38.3 Å². The molecule has 2 fully saturated rings. The van der Waals surface area contributed by atoms with Crippen molar-refractivity contribution < 1.29 is 19.1 Å². The van der Waals surface area contributed by atoms with Gasteiger partial charge in [0, 0.05) is 45.2 Å². The molecule has 0 radical (unpaired) electrons. The molecule has 2 aromatic rings. The zero-order valence-electron chi connectivity index (χ0n) is 21.2. The first-order valence-corrected chi connectivity index (χ1v) is 12.7. The Hall–Kier alpha value is -3.39. The van der Waals surface area contributed by atoms with Gasteiger partial charge < -0.3 is 24.8 Å². The summed E-state index contributed by atoms with van der Waals surface area (Å²) in [7, 11) is 1.59. The van der Waals surface area contributed by atoms with Crippen LogP contribution in [0, 0.1) is 0 Å². The Kier molecular flexibility index (Phi) is 8.59. The van der Waals surface area contributed by atoms with Gasteiger partial charge in [0.1, 0.15) is 11.8 Å². The molecule has 0 aliphatic carbocycles. The molecule has 36 heavy (non-hydrogen) atoms. The Morgan fingerprint density at radius 3 is 2.47 bits per heavy atom. The minimum absolute atomic E-state index is 0.0173. The Labute approximate surface area is 213 Å². The lowest BCUT2D eigenvalue weighted by atomic mass is 10.1. The number of carbonyl (C=O) groups excluding carboxylic acids is 3. The molecule has 2 aliphatic heterocycles. The summed E-state index contributed by atoms with van der Waals surface area (Å²) >= 11 is 0. The van der Waals surface area contributed by atoms with E-state index in [1.54, 1.807) is 36.3 Å². The lowest BCUT2D eigenvalue weighted by molar-refractivity contribution is -0.142. The van der Waals surface area contributed by atoms with Gasteiger partial charge in [-0.15, -0.1) is 0 Å². The van der Waals surface area contributed by atoms with E-state index < -0.39 is 6.04 Å². The molecule has 2 unspecified atom stereocenters. The number of rotatable bonds is 7. The summed E-state index contributed by atoms with van der Waals surface area (Å²) in [5.74, 6) is 0.428. The summed E-state index contributed by atoms with van der Waals surface area (Å²) in [4.78, 5) is 45.2. The van der Waals surface area contributed by atoms with Crippen LogP contribution in [-0.2, 0) is 16.0 Å². The molecule has 2 aliphatic rings. The third-order valence-corrected chi connectivity index (χ3v) is 7.14. The molecule has 3 amide bonds. The number of nitrogens with one attached hydrogen (secondary N) is 1. The highest BCUT2D eigenvalue weighted by molar-refractivity contribution is 5.95. The van der Waals surface area contributed by atoms with Gasteiger partial charge in [-0.25, -0.2) is 0 Å². The van der Waals surface area contributed by atoms with Gasteiger partial charge in [-0.3, -0.25) is 14.4 Å². The van der Waals surface area contributed by atoms with Crippen LogP contribution in [0.3, 0.4) is 0 Å². The van der Waals surface area contributed by atoms with Gasteiger partial charge in [-0.05, 0) is 55.6 Å². The van der Waals surface area contributed by atoms with Crippen LogP contribution in [0.1, 0.15) is 35.7 Å².